The number of ether oxygens (including phenoxy) is 1. The van der Waals surface area contributed by atoms with E-state index in [9.17, 15) is 18.0 Å². The molecule has 0 N–H and O–H groups in total. The van der Waals surface area contributed by atoms with Crippen molar-refractivity contribution in [2.75, 3.05) is 13.6 Å². The number of halogens is 3. The van der Waals surface area contributed by atoms with Gasteiger partial charge < -0.3 is 9.64 Å². The smallest absolute Gasteiger partial charge is 0.416 e. The summed E-state index contributed by atoms with van der Waals surface area (Å²) in [6, 6.07) is 4.64. The zero-order valence-corrected chi connectivity index (χ0v) is 8.99. The monoisotopic (exact) mass is 245 g/mol. The summed E-state index contributed by atoms with van der Waals surface area (Å²) >= 11 is 0. The second-order valence-electron chi connectivity index (χ2n) is 3.87. The van der Waals surface area contributed by atoms with Crippen molar-refractivity contribution in [1.82, 2.24) is 4.90 Å². The minimum atomic E-state index is -4.35. The summed E-state index contributed by atoms with van der Waals surface area (Å²) in [5, 5.41) is 0. The third kappa shape index (κ3) is 2.35. The molecule has 0 spiro atoms. The van der Waals surface area contributed by atoms with Gasteiger partial charge in [0, 0.05) is 7.05 Å². The van der Waals surface area contributed by atoms with E-state index in [2.05, 4.69) is 0 Å². The zero-order valence-electron chi connectivity index (χ0n) is 8.99. The highest BCUT2D eigenvalue weighted by molar-refractivity contribution is 5.69. The van der Waals surface area contributed by atoms with Crippen LogP contribution in [0.4, 0.5) is 18.0 Å². The van der Waals surface area contributed by atoms with E-state index < -0.39 is 23.9 Å². The van der Waals surface area contributed by atoms with E-state index in [0.29, 0.717) is 12.1 Å². The molecule has 1 heterocycles. The molecule has 6 heteroatoms. The van der Waals surface area contributed by atoms with Crippen LogP contribution < -0.4 is 0 Å². The van der Waals surface area contributed by atoms with Gasteiger partial charge in [-0.2, -0.15) is 13.2 Å². The number of carbonyl (C=O) groups is 1. The maximum atomic E-state index is 12.3. The van der Waals surface area contributed by atoms with E-state index in [1.54, 1.807) is 7.05 Å². The highest BCUT2D eigenvalue weighted by Crippen LogP contribution is 2.31. The summed E-state index contributed by atoms with van der Waals surface area (Å²) in [5.41, 5.74) is -0.144. The Morgan fingerprint density at radius 1 is 1.29 bits per heavy atom. The molecule has 92 valence electrons. The van der Waals surface area contributed by atoms with Crippen LogP contribution >= 0.6 is 0 Å². The number of benzene rings is 1. The SMILES string of the molecule is CN1CC(c2ccc(C(F)(F)F)cc2)OC1=O. The van der Waals surface area contributed by atoms with E-state index in [1.807, 2.05) is 0 Å². The lowest BCUT2D eigenvalue weighted by Crippen LogP contribution is -2.17. The molecule has 0 aromatic heterocycles. The normalized spacial score (nSPS) is 20.6. The van der Waals surface area contributed by atoms with Crippen molar-refractivity contribution in [3.8, 4) is 0 Å². The van der Waals surface area contributed by atoms with Crippen LogP contribution in [0, 0.1) is 0 Å². The summed E-state index contributed by atoms with van der Waals surface area (Å²) in [5.74, 6) is 0. The van der Waals surface area contributed by atoms with Crippen molar-refractivity contribution in [3.63, 3.8) is 0 Å². The number of hydrogen-bond acceptors (Lipinski definition) is 2. The third-order valence-electron chi connectivity index (χ3n) is 2.60. The van der Waals surface area contributed by atoms with E-state index in [-0.39, 0.29) is 0 Å². The van der Waals surface area contributed by atoms with Gasteiger partial charge in [0.05, 0.1) is 12.1 Å². The Balaban J connectivity index is 2.17. The van der Waals surface area contributed by atoms with Crippen LogP contribution in [0.2, 0.25) is 0 Å². The van der Waals surface area contributed by atoms with Crippen molar-refractivity contribution in [2.24, 2.45) is 0 Å². The van der Waals surface area contributed by atoms with Gasteiger partial charge in [-0.3, -0.25) is 0 Å². The number of amides is 1. The van der Waals surface area contributed by atoms with Gasteiger partial charge in [0.2, 0.25) is 0 Å². The second-order valence-corrected chi connectivity index (χ2v) is 3.87. The van der Waals surface area contributed by atoms with Gasteiger partial charge in [0.25, 0.3) is 0 Å². The number of hydrogen-bond donors (Lipinski definition) is 0. The summed E-state index contributed by atoms with van der Waals surface area (Å²) in [6.45, 7) is 0.351. The molecule has 3 nitrogen and oxygen atoms in total. The third-order valence-corrected chi connectivity index (χ3v) is 2.60. The standard InChI is InChI=1S/C11H10F3NO2/c1-15-6-9(17-10(15)16)7-2-4-8(5-3-7)11(12,13)14/h2-5,9H,6H2,1H3. The lowest BCUT2D eigenvalue weighted by atomic mass is 10.1. The van der Waals surface area contributed by atoms with E-state index in [1.165, 1.54) is 17.0 Å². The molecular formula is C11H10F3NO2. The van der Waals surface area contributed by atoms with Crippen molar-refractivity contribution in [1.29, 1.82) is 0 Å². The van der Waals surface area contributed by atoms with Gasteiger partial charge >= 0.3 is 12.3 Å². The number of likely N-dealkylation sites (N-methyl/N-ethyl adjacent to an activating group) is 1. The van der Waals surface area contributed by atoms with Gasteiger partial charge in [-0.25, -0.2) is 4.79 Å². The largest absolute Gasteiger partial charge is 0.439 e. The van der Waals surface area contributed by atoms with Gasteiger partial charge in [0.1, 0.15) is 6.10 Å². The molecule has 1 atom stereocenters. The molecule has 1 aliphatic rings. The summed E-state index contributed by atoms with van der Waals surface area (Å²) in [7, 11) is 1.58. The Bertz CT molecular complexity index is 427. The molecule has 1 aromatic rings. The van der Waals surface area contributed by atoms with Crippen LogP contribution in [0.25, 0.3) is 0 Å². The molecule has 0 saturated carbocycles. The first kappa shape index (κ1) is 11.8. The average Bonchev–Trinajstić information content (AvgIpc) is 2.58. The number of carbonyl (C=O) groups excluding carboxylic acids is 1. The van der Waals surface area contributed by atoms with Crippen LogP contribution in [-0.4, -0.2) is 24.6 Å². The first-order chi connectivity index (χ1) is 7.88. The number of rotatable bonds is 1. The Morgan fingerprint density at radius 3 is 2.29 bits per heavy atom. The number of alkyl halides is 3. The molecule has 1 saturated heterocycles. The van der Waals surface area contributed by atoms with Gasteiger partial charge in [-0.05, 0) is 17.7 Å². The van der Waals surface area contributed by atoms with Crippen LogP contribution in [0.15, 0.2) is 24.3 Å². The van der Waals surface area contributed by atoms with Crippen molar-refractivity contribution in [2.45, 2.75) is 12.3 Å². The molecular weight excluding hydrogens is 235 g/mol. The number of nitrogens with zero attached hydrogens (tertiary/aromatic N) is 1. The Labute approximate surface area is 95.8 Å². The lowest BCUT2D eigenvalue weighted by Gasteiger charge is -2.10. The molecule has 0 aliphatic carbocycles. The van der Waals surface area contributed by atoms with Crippen molar-refractivity contribution >= 4 is 6.09 Å². The minimum Gasteiger partial charge on any atom is -0.439 e. The molecule has 1 aliphatic heterocycles. The van der Waals surface area contributed by atoms with Crippen molar-refractivity contribution in [3.05, 3.63) is 35.4 Å². The summed E-state index contributed by atoms with van der Waals surface area (Å²) in [6.07, 6.45) is -5.30. The maximum absolute atomic E-state index is 12.3. The predicted octanol–water partition coefficient (Wildman–Crippen LogP) is 2.83. The Kier molecular flexibility index (Phi) is 2.73. The van der Waals surface area contributed by atoms with Crippen LogP contribution in [0.1, 0.15) is 17.2 Å². The molecule has 1 unspecified atom stereocenters. The lowest BCUT2D eigenvalue weighted by molar-refractivity contribution is -0.137. The fraction of sp³-hybridized carbons (Fsp3) is 0.364. The van der Waals surface area contributed by atoms with Crippen LogP contribution in [-0.2, 0) is 10.9 Å². The first-order valence-corrected chi connectivity index (χ1v) is 4.97. The molecule has 2 rings (SSSR count). The molecule has 1 aromatic carbocycles. The van der Waals surface area contributed by atoms with E-state index in [0.717, 1.165) is 12.1 Å². The van der Waals surface area contributed by atoms with Gasteiger partial charge in [0.15, 0.2) is 0 Å². The maximum Gasteiger partial charge on any atom is 0.416 e. The molecule has 1 amide bonds. The average molecular weight is 245 g/mol. The topological polar surface area (TPSA) is 29.5 Å². The van der Waals surface area contributed by atoms with Gasteiger partial charge in [-0.15, -0.1) is 0 Å². The Hall–Kier alpha value is -1.72. The second kappa shape index (κ2) is 3.94. The summed E-state index contributed by atoms with van der Waals surface area (Å²) in [4.78, 5) is 12.5. The molecule has 0 bridgehead atoms. The first-order valence-electron chi connectivity index (χ1n) is 4.97. The highest BCUT2D eigenvalue weighted by atomic mass is 19.4. The Morgan fingerprint density at radius 2 is 1.88 bits per heavy atom. The molecule has 1 fully saturated rings. The fourth-order valence-electron chi connectivity index (χ4n) is 1.63. The van der Waals surface area contributed by atoms with Crippen LogP contribution in [0.5, 0.6) is 0 Å². The van der Waals surface area contributed by atoms with E-state index >= 15 is 0 Å². The zero-order chi connectivity index (χ0) is 12.6. The highest BCUT2D eigenvalue weighted by Gasteiger charge is 2.32. The van der Waals surface area contributed by atoms with Crippen LogP contribution in [0.3, 0.4) is 0 Å². The predicted molar refractivity (Wildman–Crippen MR) is 53.3 cm³/mol. The van der Waals surface area contributed by atoms with Gasteiger partial charge in [-0.1, -0.05) is 12.1 Å². The van der Waals surface area contributed by atoms with E-state index in [4.69, 9.17) is 4.74 Å². The molecule has 0 radical (unpaired) electrons. The minimum absolute atomic E-state index is 0.351. The number of cyclic esters (lactones) is 1. The molecule has 17 heavy (non-hydrogen) atoms. The summed E-state index contributed by atoms with van der Waals surface area (Å²) < 4.78 is 42.0. The fourth-order valence-corrected chi connectivity index (χ4v) is 1.63. The quantitative estimate of drug-likeness (QED) is 0.761. The van der Waals surface area contributed by atoms with Crippen molar-refractivity contribution < 1.29 is 22.7 Å².